The molecule has 3 nitrogen and oxygen atoms in total. The van der Waals surface area contributed by atoms with Crippen LogP contribution >= 0.6 is 0 Å². The van der Waals surface area contributed by atoms with Crippen LogP contribution in [0.4, 0.5) is 5.82 Å². The third-order valence-electron chi connectivity index (χ3n) is 2.38. The predicted molar refractivity (Wildman–Crippen MR) is 53.0 cm³/mol. The Morgan fingerprint density at radius 3 is 2.69 bits per heavy atom. The van der Waals surface area contributed by atoms with Gasteiger partial charge < -0.3 is 4.90 Å². The minimum Gasteiger partial charge on any atom is -0.356 e. The summed E-state index contributed by atoms with van der Waals surface area (Å²) in [5.41, 5.74) is 1.08. The SMILES string of the molecule is CCc1nc(C)cc(N2CCC2)n1. The lowest BCUT2D eigenvalue weighted by Gasteiger charge is -2.32. The number of aromatic nitrogens is 2. The summed E-state index contributed by atoms with van der Waals surface area (Å²) in [6.45, 7) is 6.43. The highest BCUT2D eigenvalue weighted by molar-refractivity contribution is 5.41. The number of nitrogens with zero attached hydrogens (tertiary/aromatic N) is 3. The Hall–Kier alpha value is -1.12. The summed E-state index contributed by atoms with van der Waals surface area (Å²) < 4.78 is 0. The summed E-state index contributed by atoms with van der Waals surface area (Å²) in [7, 11) is 0. The van der Waals surface area contributed by atoms with E-state index in [0.717, 1.165) is 36.8 Å². The Balaban J connectivity index is 2.28. The fourth-order valence-corrected chi connectivity index (χ4v) is 1.48. The quantitative estimate of drug-likeness (QED) is 0.686. The Morgan fingerprint density at radius 1 is 1.38 bits per heavy atom. The second-order valence-electron chi connectivity index (χ2n) is 3.48. The Labute approximate surface area is 78.8 Å². The molecule has 0 saturated carbocycles. The molecule has 0 amide bonds. The molecule has 0 bridgehead atoms. The zero-order valence-corrected chi connectivity index (χ0v) is 8.25. The van der Waals surface area contributed by atoms with Gasteiger partial charge in [0.15, 0.2) is 0 Å². The van der Waals surface area contributed by atoms with Crippen LogP contribution in [0.15, 0.2) is 6.07 Å². The molecule has 0 radical (unpaired) electrons. The lowest BCUT2D eigenvalue weighted by Crippen LogP contribution is -2.37. The summed E-state index contributed by atoms with van der Waals surface area (Å²) >= 11 is 0. The molecule has 0 spiro atoms. The first-order chi connectivity index (χ1) is 6.29. The lowest BCUT2D eigenvalue weighted by molar-refractivity contribution is 0.606. The van der Waals surface area contributed by atoms with Gasteiger partial charge in [-0.1, -0.05) is 6.92 Å². The number of anilines is 1. The number of hydrogen-bond donors (Lipinski definition) is 0. The van der Waals surface area contributed by atoms with Gasteiger partial charge >= 0.3 is 0 Å². The Kier molecular flexibility index (Phi) is 2.17. The average molecular weight is 177 g/mol. The van der Waals surface area contributed by atoms with Gasteiger partial charge in [-0.05, 0) is 13.3 Å². The van der Waals surface area contributed by atoms with E-state index in [9.17, 15) is 0 Å². The molecule has 1 fully saturated rings. The highest BCUT2D eigenvalue weighted by Crippen LogP contribution is 2.18. The Bertz CT molecular complexity index is 305. The highest BCUT2D eigenvalue weighted by Gasteiger charge is 2.16. The molecule has 0 aliphatic carbocycles. The van der Waals surface area contributed by atoms with Crippen LogP contribution < -0.4 is 4.90 Å². The molecule has 1 aromatic rings. The van der Waals surface area contributed by atoms with Gasteiger partial charge in [-0.25, -0.2) is 9.97 Å². The van der Waals surface area contributed by atoms with Crippen molar-refractivity contribution in [2.75, 3.05) is 18.0 Å². The van der Waals surface area contributed by atoms with Crippen molar-refractivity contribution < 1.29 is 0 Å². The van der Waals surface area contributed by atoms with Crippen LogP contribution in [0.3, 0.4) is 0 Å². The molecule has 13 heavy (non-hydrogen) atoms. The highest BCUT2D eigenvalue weighted by atomic mass is 15.2. The van der Waals surface area contributed by atoms with E-state index >= 15 is 0 Å². The first kappa shape index (κ1) is 8.48. The molecule has 0 atom stereocenters. The van der Waals surface area contributed by atoms with Crippen molar-refractivity contribution in [1.82, 2.24) is 9.97 Å². The largest absolute Gasteiger partial charge is 0.356 e. The van der Waals surface area contributed by atoms with E-state index in [1.54, 1.807) is 0 Å². The zero-order valence-electron chi connectivity index (χ0n) is 8.25. The molecule has 70 valence electrons. The second-order valence-corrected chi connectivity index (χ2v) is 3.48. The van der Waals surface area contributed by atoms with Crippen molar-refractivity contribution in [3.05, 3.63) is 17.6 Å². The van der Waals surface area contributed by atoms with Gasteiger partial charge in [0.25, 0.3) is 0 Å². The smallest absolute Gasteiger partial charge is 0.132 e. The molecule has 1 aromatic heterocycles. The van der Waals surface area contributed by atoms with Crippen LogP contribution in [0.25, 0.3) is 0 Å². The fourth-order valence-electron chi connectivity index (χ4n) is 1.48. The summed E-state index contributed by atoms with van der Waals surface area (Å²) in [5.74, 6) is 2.07. The molecule has 0 aromatic carbocycles. The summed E-state index contributed by atoms with van der Waals surface area (Å²) in [6, 6.07) is 2.07. The van der Waals surface area contributed by atoms with E-state index in [-0.39, 0.29) is 0 Å². The Morgan fingerprint density at radius 2 is 2.15 bits per heavy atom. The molecule has 0 unspecified atom stereocenters. The molecule has 2 rings (SSSR count). The van der Waals surface area contributed by atoms with Gasteiger partial charge in [-0.3, -0.25) is 0 Å². The molecule has 1 aliphatic heterocycles. The molecule has 3 heteroatoms. The normalized spacial score (nSPS) is 15.7. The van der Waals surface area contributed by atoms with Crippen molar-refractivity contribution in [2.24, 2.45) is 0 Å². The first-order valence-electron chi connectivity index (χ1n) is 4.89. The van der Waals surface area contributed by atoms with Gasteiger partial charge in [-0.2, -0.15) is 0 Å². The molecule has 2 heterocycles. The summed E-state index contributed by atoms with van der Waals surface area (Å²) in [6.07, 6.45) is 2.22. The maximum absolute atomic E-state index is 4.49. The summed E-state index contributed by atoms with van der Waals surface area (Å²) in [4.78, 5) is 11.1. The van der Waals surface area contributed by atoms with Crippen molar-refractivity contribution in [1.29, 1.82) is 0 Å². The fraction of sp³-hybridized carbons (Fsp3) is 0.600. The van der Waals surface area contributed by atoms with Gasteiger partial charge in [-0.15, -0.1) is 0 Å². The van der Waals surface area contributed by atoms with E-state index in [2.05, 4.69) is 27.9 Å². The van der Waals surface area contributed by atoms with Crippen molar-refractivity contribution in [3.8, 4) is 0 Å². The van der Waals surface area contributed by atoms with Crippen LogP contribution in [0, 0.1) is 6.92 Å². The van der Waals surface area contributed by atoms with E-state index < -0.39 is 0 Å². The van der Waals surface area contributed by atoms with Crippen molar-refractivity contribution in [2.45, 2.75) is 26.7 Å². The molecule has 0 N–H and O–H groups in total. The monoisotopic (exact) mass is 177 g/mol. The van der Waals surface area contributed by atoms with Gasteiger partial charge in [0, 0.05) is 31.3 Å². The number of rotatable bonds is 2. The maximum Gasteiger partial charge on any atom is 0.132 e. The third-order valence-corrected chi connectivity index (χ3v) is 2.38. The van der Waals surface area contributed by atoms with Crippen LogP contribution in [-0.2, 0) is 6.42 Å². The molecule has 1 saturated heterocycles. The van der Waals surface area contributed by atoms with E-state index in [0.29, 0.717) is 0 Å². The van der Waals surface area contributed by atoms with Crippen molar-refractivity contribution in [3.63, 3.8) is 0 Å². The average Bonchev–Trinajstić information content (AvgIpc) is 2.00. The molecular formula is C10H15N3. The maximum atomic E-state index is 4.49. The minimum absolute atomic E-state index is 0.919. The van der Waals surface area contributed by atoms with Gasteiger partial charge in [0.1, 0.15) is 11.6 Å². The van der Waals surface area contributed by atoms with E-state index in [1.807, 2.05) is 6.92 Å². The predicted octanol–water partition coefficient (Wildman–Crippen LogP) is 1.56. The van der Waals surface area contributed by atoms with Crippen LogP contribution in [-0.4, -0.2) is 23.1 Å². The molecule has 1 aliphatic rings. The van der Waals surface area contributed by atoms with E-state index in [4.69, 9.17) is 0 Å². The number of hydrogen-bond acceptors (Lipinski definition) is 3. The minimum atomic E-state index is 0.919. The summed E-state index contributed by atoms with van der Waals surface area (Å²) in [5, 5.41) is 0. The standard InChI is InChI=1S/C10H15N3/c1-3-9-11-8(2)7-10(12-9)13-5-4-6-13/h7H,3-6H2,1-2H3. The zero-order chi connectivity index (χ0) is 9.26. The second kappa shape index (κ2) is 3.32. The third kappa shape index (κ3) is 1.64. The van der Waals surface area contributed by atoms with Crippen molar-refractivity contribution >= 4 is 5.82 Å². The van der Waals surface area contributed by atoms with Gasteiger partial charge in [0.05, 0.1) is 0 Å². The number of aryl methyl sites for hydroxylation is 2. The van der Waals surface area contributed by atoms with Crippen LogP contribution in [0.5, 0.6) is 0 Å². The van der Waals surface area contributed by atoms with Crippen LogP contribution in [0.2, 0.25) is 0 Å². The molecular weight excluding hydrogens is 162 g/mol. The first-order valence-corrected chi connectivity index (χ1v) is 4.89. The van der Waals surface area contributed by atoms with Gasteiger partial charge in [0.2, 0.25) is 0 Å². The van der Waals surface area contributed by atoms with Crippen LogP contribution in [0.1, 0.15) is 24.9 Å². The lowest BCUT2D eigenvalue weighted by atomic mass is 10.2. The topological polar surface area (TPSA) is 29.0 Å². The van der Waals surface area contributed by atoms with E-state index in [1.165, 1.54) is 6.42 Å².